The normalized spacial score (nSPS) is 15.5. The van der Waals surface area contributed by atoms with Gasteiger partial charge in [0.2, 0.25) is 0 Å². The zero-order valence-corrected chi connectivity index (χ0v) is 13.0. The van der Waals surface area contributed by atoms with E-state index in [1.165, 1.54) is 12.1 Å². The Bertz CT molecular complexity index is 764. The smallest absolute Gasteiger partial charge is 0.267 e. The van der Waals surface area contributed by atoms with Crippen LogP contribution in [0.1, 0.15) is 22.3 Å². The number of nitrogens with zero attached hydrogens (tertiary/aromatic N) is 1. The van der Waals surface area contributed by atoms with Crippen LogP contribution in [-0.4, -0.2) is 17.4 Å². The Labute approximate surface area is 136 Å². The first-order chi connectivity index (χ1) is 10.6. The Balaban J connectivity index is 1.84. The maximum atomic E-state index is 13.4. The van der Waals surface area contributed by atoms with Crippen molar-refractivity contribution in [3.05, 3.63) is 64.4 Å². The predicted molar refractivity (Wildman–Crippen MR) is 87.2 cm³/mol. The van der Waals surface area contributed by atoms with Gasteiger partial charge in [0.05, 0.1) is 16.3 Å². The Morgan fingerprint density at radius 1 is 1.27 bits per heavy atom. The molecule has 6 heteroatoms. The lowest BCUT2D eigenvalue weighted by Gasteiger charge is -2.17. The molecule has 0 aliphatic carbocycles. The fourth-order valence-electron chi connectivity index (χ4n) is 2.19. The van der Waals surface area contributed by atoms with Crippen LogP contribution >= 0.6 is 23.4 Å². The van der Waals surface area contributed by atoms with Crippen molar-refractivity contribution < 1.29 is 9.18 Å². The zero-order valence-electron chi connectivity index (χ0n) is 11.5. The molecule has 0 spiro atoms. The summed E-state index contributed by atoms with van der Waals surface area (Å²) in [4.78, 5) is 13.1. The molecule has 3 nitrogen and oxygen atoms in total. The monoisotopic (exact) mass is 334 g/mol. The van der Waals surface area contributed by atoms with E-state index in [-0.39, 0.29) is 11.7 Å². The third kappa shape index (κ3) is 3.15. The van der Waals surface area contributed by atoms with E-state index < -0.39 is 0 Å². The summed E-state index contributed by atoms with van der Waals surface area (Å²) in [6.45, 7) is 0. The molecule has 0 saturated carbocycles. The molecule has 1 N–H and O–H groups in total. The number of carbonyl (C=O) groups excluding carboxylic acids is 1. The molecule has 0 saturated heterocycles. The minimum atomic E-state index is -0.380. The molecule has 1 aliphatic heterocycles. The van der Waals surface area contributed by atoms with Crippen molar-refractivity contribution in [2.75, 3.05) is 5.75 Å². The molecule has 2 aromatic rings. The van der Waals surface area contributed by atoms with Gasteiger partial charge in [-0.3, -0.25) is 4.79 Å². The average molecular weight is 335 g/mol. The number of thioether (sulfide) groups is 1. The number of rotatable bonds is 2. The third-order valence-corrected chi connectivity index (χ3v) is 4.66. The lowest BCUT2D eigenvalue weighted by molar-refractivity contribution is 0.0955. The van der Waals surface area contributed by atoms with Crippen LogP contribution in [0.25, 0.3) is 0 Å². The highest BCUT2D eigenvalue weighted by Gasteiger charge is 2.17. The molecule has 0 aromatic heterocycles. The summed E-state index contributed by atoms with van der Waals surface area (Å²) in [5.41, 5.74) is 4.27. The highest BCUT2D eigenvalue weighted by molar-refractivity contribution is 7.99. The maximum Gasteiger partial charge on any atom is 0.272 e. The van der Waals surface area contributed by atoms with Gasteiger partial charge in [0.25, 0.3) is 5.91 Å². The number of fused-ring (bicyclic) bond motifs is 1. The van der Waals surface area contributed by atoms with Crippen molar-refractivity contribution in [3.8, 4) is 0 Å². The lowest BCUT2D eigenvalue weighted by atomic mass is 10.1. The minimum absolute atomic E-state index is 0.314. The van der Waals surface area contributed by atoms with E-state index in [9.17, 15) is 9.18 Å². The Kier molecular flexibility index (Phi) is 4.45. The third-order valence-electron chi connectivity index (χ3n) is 3.26. The molecule has 0 radical (unpaired) electrons. The first-order valence-corrected chi connectivity index (χ1v) is 8.05. The minimum Gasteiger partial charge on any atom is -0.267 e. The maximum absolute atomic E-state index is 13.4. The van der Waals surface area contributed by atoms with Crippen molar-refractivity contribution >= 4 is 35.0 Å². The SMILES string of the molecule is O=C(N/N=C1/CCSc2ccc(F)cc21)c1ccccc1Cl. The molecule has 22 heavy (non-hydrogen) atoms. The van der Waals surface area contributed by atoms with Gasteiger partial charge in [-0.25, -0.2) is 9.82 Å². The first-order valence-electron chi connectivity index (χ1n) is 6.69. The number of carbonyl (C=O) groups is 1. The predicted octanol–water partition coefficient (Wildman–Crippen LogP) is 4.11. The number of hydrogen-bond acceptors (Lipinski definition) is 3. The summed E-state index contributed by atoms with van der Waals surface area (Å²) < 4.78 is 13.4. The van der Waals surface area contributed by atoms with Gasteiger partial charge in [-0.2, -0.15) is 5.10 Å². The Morgan fingerprint density at radius 2 is 2.09 bits per heavy atom. The molecule has 0 bridgehead atoms. The van der Waals surface area contributed by atoms with Crippen molar-refractivity contribution in [2.45, 2.75) is 11.3 Å². The fourth-order valence-corrected chi connectivity index (χ4v) is 3.42. The largest absolute Gasteiger partial charge is 0.272 e. The van der Waals surface area contributed by atoms with Crippen LogP contribution < -0.4 is 5.43 Å². The van der Waals surface area contributed by atoms with Crippen LogP contribution in [0, 0.1) is 5.82 Å². The first kappa shape index (κ1) is 15.1. The second-order valence-electron chi connectivity index (χ2n) is 4.72. The van der Waals surface area contributed by atoms with Gasteiger partial charge in [-0.1, -0.05) is 23.7 Å². The van der Waals surface area contributed by atoms with Crippen LogP contribution in [0.3, 0.4) is 0 Å². The Morgan fingerprint density at radius 3 is 2.91 bits per heavy atom. The van der Waals surface area contributed by atoms with E-state index in [2.05, 4.69) is 10.5 Å². The van der Waals surface area contributed by atoms with E-state index >= 15 is 0 Å². The number of benzene rings is 2. The summed E-state index contributed by atoms with van der Waals surface area (Å²) in [6.07, 6.45) is 0.671. The lowest BCUT2D eigenvalue weighted by Crippen LogP contribution is -2.22. The average Bonchev–Trinajstić information content (AvgIpc) is 2.53. The van der Waals surface area contributed by atoms with Crippen LogP contribution in [0.15, 0.2) is 52.5 Å². The molecular weight excluding hydrogens is 323 g/mol. The molecule has 0 fully saturated rings. The van der Waals surface area contributed by atoms with Crippen LogP contribution in [0.4, 0.5) is 4.39 Å². The highest BCUT2D eigenvalue weighted by atomic mass is 35.5. The van der Waals surface area contributed by atoms with Gasteiger partial charge < -0.3 is 0 Å². The zero-order chi connectivity index (χ0) is 15.5. The van der Waals surface area contributed by atoms with Crippen molar-refractivity contribution in [1.29, 1.82) is 0 Å². The number of hydrazone groups is 1. The molecule has 3 rings (SSSR count). The van der Waals surface area contributed by atoms with Crippen LogP contribution in [0.5, 0.6) is 0 Å². The van der Waals surface area contributed by atoms with Crippen molar-refractivity contribution in [1.82, 2.24) is 5.43 Å². The number of amides is 1. The van der Waals surface area contributed by atoms with Gasteiger partial charge in [-0.05, 0) is 30.3 Å². The quantitative estimate of drug-likeness (QED) is 0.840. The molecule has 1 aliphatic rings. The molecule has 1 amide bonds. The number of halogens is 2. The molecule has 0 unspecified atom stereocenters. The van der Waals surface area contributed by atoms with Crippen molar-refractivity contribution in [3.63, 3.8) is 0 Å². The van der Waals surface area contributed by atoms with Crippen LogP contribution in [-0.2, 0) is 0 Å². The fraction of sp³-hybridized carbons (Fsp3) is 0.125. The van der Waals surface area contributed by atoms with Gasteiger partial charge in [0.15, 0.2) is 0 Å². The van der Waals surface area contributed by atoms with Gasteiger partial charge in [-0.15, -0.1) is 11.8 Å². The van der Waals surface area contributed by atoms with E-state index in [0.717, 1.165) is 16.2 Å². The standard InChI is InChI=1S/C16H12ClFN2OS/c17-13-4-2-1-3-11(13)16(21)20-19-14-7-8-22-15-6-5-10(18)9-12(14)15/h1-6,9H,7-8H2,(H,20,21)/b19-14-. The van der Waals surface area contributed by atoms with E-state index in [1.807, 2.05) is 0 Å². The second-order valence-corrected chi connectivity index (χ2v) is 6.26. The molecule has 1 heterocycles. The summed E-state index contributed by atoms with van der Waals surface area (Å²) in [6, 6.07) is 11.4. The summed E-state index contributed by atoms with van der Waals surface area (Å²) in [5, 5.41) is 4.53. The van der Waals surface area contributed by atoms with Crippen molar-refractivity contribution in [2.24, 2.45) is 5.10 Å². The number of nitrogens with one attached hydrogen (secondary N) is 1. The molecule has 112 valence electrons. The molecular formula is C16H12ClFN2OS. The topological polar surface area (TPSA) is 41.5 Å². The van der Waals surface area contributed by atoms with E-state index in [4.69, 9.17) is 11.6 Å². The second kappa shape index (κ2) is 6.50. The van der Waals surface area contributed by atoms with E-state index in [0.29, 0.717) is 22.7 Å². The summed E-state index contributed by atoms with van der Waals surface area (Å²) in [5.74, 6) is 0.153. The summed E-state index contributed by atoms with van der Waals surface area (Å²) in [7, 11) is 0. The van der Waals surface area contributed by atoms with Gasteiger partial charge in [0.1, 0.15) is 5.82 Å². The summed E-state index contributed by atoms with van der Waals surface area (Å²) >= 11 is 7.63. The van der Waals surface area contributed by atoms with Gasteiger partial charge in [0, 0.05) is 22.6 Å². The highest BCUT2D eigenvalue weighted by Crippen LogP contribution is 2.30. The molecule has 2 aromatic carbocycles. The van der Waals surface area contributed by atoms with E-state index in [1.54, 1.807) is 42.1 Å². The van der Waals surface area contributed by atoms with Gasteiger partial charge >= 0.3 is 0 Å². The Hall–Kier alpha value is -1.85. The van der Waals surface area contributed by atoms with Crippen LogP contribution in [0.2, 0.25) is 5.02 Å². The molecule has 0 atom stereocenters. The number of hydrogen-bond donors (Lipinski definition) is 1.